The minimum atomic E-state index is -0.331. The molecule has 3 N–H and O–H groups in total. The van der Waals surface area contributed by atoms with Crippen molar-refractivity contribution in [1.82, 2.24) is 4.57 Å². The molecule has 0 saturated carbocycles. The van der Waals surface area contributed by atoms with Gasteiger partial charge in [0.1, 0.15) is 32.0 Å². The van der Waals surface area contributed by atoms with Crippen LogP contribution in [0.15, 0.2) is 57.7 Å². The number of anilines is 1. The summed E-state index contributed by atoms with van der Waals surface area (Å²) in [6, 6.07) is 13.2. The number of carbonyl (C=O) groups is 1. The number of halogens is 1. The van der Waals surface area contributed by atoms with Gasteiger partial charge in [-0.05, 0) is 36.4 Å². The Bertz CT molecular complexity index is 1020. The molecule has 0 bridgehead atoms. The highest BCUT2D eigenvalue weighted by molar-refractivity contribution is 5.91. The van der Waals surface area contributed by atoms with Crippen molar-refractivity contribution in [2.45, 2.75) is 6.67 Å². The third-order valence-electron chi connectivity index (χ3n) is 5.16. The highest BCUT2D eigenvalue weighted by Crippen LogP contribution is 2.10. The number of oxazole rings is 1. The third kappa shape index (κ3) is 4.13. The number of amides is 1. The van der Waals surface area contributed by atoms with Gasteiger partial charge in [0.2, 0.25) is 0 Å². The maximum absolute atomic E-state index is 12.9. The van der Waals surface area contributed by atoms with Gasteiger partial charge in [-0.1, -0.05) is 12.1 Å². The molecule has 4 rings (SSSR count). The number of hydrogen-bond donors (Lipinski definition) is 3. The van der Waals surface area contributed by atoms with Gasteiger partial charge >= 0.3 is 5.76 Å². The van der Waals surface area contributed by atoms with Crippen LogP contribution < -0.4 is 20.9 Å². The summed E-state index contributed by atoms with van der Waals surface area (Å²) in [5.41, 5.74) is 2.02. The first-order valence-electron chi connectivity index (χ1n) is 9.39. The molecule has 1 aliphatic rings. The fraction of sp³-hybridized carbons (Fsp3) is 0.300. The molecule has 0 aliphatic carbocycles. The van der Waals surface area contributed by atoms with E-state index < -0.39 is 0 Å². The fourth-order valence-electron chi connectivity index (χ4n) is 3.64. The molecule has 2 aromatic carbocycles. The number of benzene rings is 2. The number of carbonyl (C=O) groups excluding carboxylic acids is 1. The zero-order chi connectivity index (χ0) is 19.5. The molecule has 1 amide bonds. The van der Waals surface area contributed by atoms with E-state index in [9.17, 15) is 14.0 Å². The molecule has 2 heterocycles. The quantitative estimate of drug-likeness (QED) is 0.533. The Morgan fingerprint density at radius 3 is 2.46 bits per heavy atom. The standard InChI is InChI=1S/C20H21FN4O3/c21-15-5-7-16(8-6-15)22-19(26)13-23-9-11-24(12-10-23)14-25-17-3-1-2-4-18(17)28-20(25)27/h1-8H,9-14H2,(H,22,26)/p+2. The summed E-state index contributed by atoms with van der Waals surface area (Å²) in [5.74, 6) is -0.739. The Labute approximate surface area is 161 Å². The molecule has 0 spiro atoms. The number of rotatable bonds is 5. The lowest BCUT2D eigenvalue weighted by Gasteiger charge is -2.29. The molecule has 146 valence electrons. The van der Waals surface area contributed by atoms with Crippen LogP contribution in [-0.2, 0) is 11.5 Å². The zero-order valence-corrected chi connectivity index (χ0v) is 15.4. The number of piperazine rings is 1. The third-order valence-corrected chi connectivity index (χ3v) is 5.16. The predicted octanol–water partition coefficient (Wildman–Crippen LogP) is -0.887. The van der Waals surface area contributed by atoms with Crippen LogP contribution in [0.4, 0.5) is 10.1 Å². The van der Waals surface area contributed by atoms with Gasteiger partial charge in [-0.15, -0.1) is 0 Å². The molecule has 28 heavy (non-hydrogen) atoms. The monoisotopic (exact) mass is 386 g/mol. The number of nitrogens with zero attached hydrogens (tertiary/aromatic N) is 1. The zero-order valence-electron chi connectivity index (χ0n) is 15.4. The maximum Gasteiger partial charge on any atom is 0.424 e. The molecule has 1 aromatic heterocycles. The van der Waals surface area contributed by atoms with E-state index in [-0.39, 0.29) is 17.5 Å². The smallest absolute Gasteiger partial charge is 0.408 e. The summed E-state index contributed by atoms with van der Waals surface area (Å²) in [6.45, 7) is 4.35. The van der Waals surface area contributed by atoms with E-state index >= 15 is 0 Å². The van der Waals surface area contributed by atoms with Gasteiger partial charge in [-0.2, -0.15) is 0 Å². The van der Waals surface area contributed by atoms with Gasteiger partial charge in [0.25, 0.3) is 5.91 Å². The summed E-state index contributed by atoms with van der Waals surface area (Å²) in [4.78, 5) is 26.8. The van der Waals surface area contributed by atoms with Crippen LogP contribution in [0, 0.1) is 5.82 Å². The van der Waals surface area contributed by atoms with E-state index in [0.29, 0.717) is 24.5 Å². The summed E-state index contributed by atoms with van der Waals surface area (Å²) >= 11 is 0. The molecular weight excluding hydrogens is 363 g/mol. The molecule has 1 saturated heterocycles. The van der Waals surface area contributed by atoms with Crippen LogP contribution in [0.3, 0.4) is 0 Å². The van der Waals surface area contributed by atoms with Crippen LogP contribution >= 0.6 is 0 Å². The van der Waals surface area contributed by atoms with E-state index in [2.05, 4.69) is 5.32 Å². The molecule has 1 fully saturated rings. The summed E-state index contributed by atoms with van der Waals surface area (Å²) < 4.78 is 19.9. The maximum atomic E-state index is 12.9. The molecule has 0 unspecified atom stereocenters. The van der Waals surface area contributed by atoms with Gasteiger partial charge in [-0.3, -0.25) is 4.79 Å². The van der Waals surface area contributed by atoms with Crippen molar-refractivity contribution >= 4 is 22.7 Å². The normalized spacial score (nSPS) is 19.6. The lowest BCUT2D eigenvalue weighted by molar-refractivity contribution is -1.02. The van der Waals surface area contributed by atoms with Crippen LogP contribution in [0.2, 0.25) is 0 Å². The number of para-hydroxylation sites is 2. The summed E-state index contributed by atoms with van der Waals surface area (Å²) in [6.07, 6.45) is 0. The fourth-order valence-corrected chi connectivity index (χ4v) is 3.64. The van der Waals surface area contributed by atoms with Gasteiger partial charge in [0.05, 0.1) is 5.52 Å². The van der Waals surface area contributed by atoms with Crippen LogP contribution in [0.5, 0.6) is 0 Å². The Balaban J connectivity index is 1.29. The Morgan fingerprint density at radius 2 is 1.71 bits per heavy atom. The minimum absolute atomic E-state index is 0.0814. The van der Waals surface area contributed by atoms with Crippen molar-refractivity contribution in [3.8, 4) is 0 Å². The van der Waals surface area contributed by atoms with E-state index in [1.54, 1.807) is 22.8 Å². The number of fused-ring (bicyclic) bond motifs is 1. The lowest BCUT2D eigenvalue weighted by Crippen LogP contribution is -3.28. The molecule has 0 radical (unpaired) electrons. The molecule has 8 heteroatoms. The van der Waals surface area contributed by atoms with Gasteiger partial charge in [-0.25, -0.2) is 13.8 Å². The number of nitrogens with one attached hydrogen (secondary N) is 3. The van der Waals surface area contributed by atoms with Gasteiger partial charge < -0.3 is 19.5 Å². The largest absolute Gasteiger partial charge is 0.424 e. The molecular formula is C20H23FN4O3+2. The first kappa shape index (κ1) is 18.4. The summed E-state index contributed by atoms with van der Waals surface area (Å²) in [7, 11) is 0. The molecule has 1 aliphatic heterocycles. The number of hydrogen-bond acceptors (Lipinski definition) is 3. The predicted molar refractivity (Wildman–Crippen MR) is 102 cm³/mol. The average Bonchev–Trinajstić information content (AvgIpc) is 3.00. The molecule has 7 nitrogen and oxygen atoms in total. The van der Waals surface area contributed by atoms with Crippen LogP contribution in [-0.4, -0.2) is 43.2 Å². The van der Waals surface area contributed by atoms with Crippen LogP contribution in [0.25, 0.3) is 11.1 Å². The molecule has 0 atom stereocenters. The van der Waals surface area contributed by atoms with Crippen molar-refractivity contribution in [2.24, 2.45) is 0 Å². The first-order valence-corrected chi connectivity index (χ1v) is 9.39. The van der Waals surface area contributed by atoms with Crippen molar-refractivity contribution in [3.63, 3.8) is 0 Å². The second-order valence-electron chi connectivity index (χ2n) is 7.15. The van der Waals surface area contributed by atoms with E-state index in [0.717, 1.165) is 31.7 Å². The van der Waals surface area contributed by atoms with Gasteiger partial charge in [0.15, 0.2) is 18.8 Å². The topological polar surface area (TPSA) is 73.1 Å². The second-order valence-corrected chi connectivity index (χ2v) is 7.15. The Kier molecular flexibility index (Phi) is 5.23. The van der Waals surface area contributed by atoms with E-state index in [4.69, 9.17) is 4.42 Å². The number of quaternary nitrogens is 2. The lowest BCUT2D eigenvalue weighted by atomic mass is 10.3. The van der Waals surface area contributed by atoms with E-state index in [1.165, 1.54) is 21.9 Å². The highest BCUT2D eigenvalue weighted by atomic mass is 19.1. The number of aromatic nitrogens is 1. The SMILES string of the molecule is O=C(C[NH+]1CC[NH+](Cn2c(=O)oc3ccccc32)CC1)Nc1ccc(F)cc1. The van der Waals surface area contributed by atoms with Crippen molar-refractivity contribution in [1.29, 1.82) is 0 Å². The van der Waals surface area contributed by atoms with Crippen molar-refractivity contribution in [2.75, 3.05) is 38.0 Å². The Morgan fingerprint density at radius 1 is 1.04 bits per heavy atom. The van der Waals surface area contributed by atoms with Crippen molar-refractivity contribution in [3.05, 3.63) is 64.9 Å². The second kappa shape index (κ2) is 7.95. The first-order chi connectivity index (χ1) is 13.6. The highest BCUT2D eigenvalue weighted by Gasteiger charge is 2.26. The van der Waals surface area contributed by atoms with Crippen LogP contribution in [0.1, 0.15) is 0 Å². The average molecular weight is 386 g/mol. The summed E-state index contributed by atoms with van der Waals surface area (Å²) in [5, 5.41) is 2.80. The molecule has 3 aromatic rings. The van der Waals surface area contributed by atoms with Crippen molar-refractivity contribution < 1.29 is 23.4 Å². The Hall–Kier alpha value is -2.97. The van der Waals surface area contributed by atoms with E-state index in [1.807, 2.05) is 18.2 Å². The minimum Gasteiger partial charge on any atom is -0.408 e. The van der Waals surface area contributed by atoms with Gasteiger partial charge in [0, 0.05) is 5.69 Å².